The summed E-state index contributed by atoms with van der Waals surface area (Å²) in [4.78, 5) is 11.8. The summed E-state index contributed by atoms with van der Waals surface area (Å²) >= 11 is 1.94. The van der Waals surface area contributed by atoms with Crippen molar-refractivity contribution in [3.8, 4) is 0 Å². The molecule has 5 nitrogen and oxygen atoms in total. The van der Waals surface area contributed by atoms with Crippen molar-refractivity contribution >= 4 is 34.9 Å². The summed E-state index contributed by atoms with van der Waals surface area (Å²) in [5.41, 5.74) is 7.69. The second-order valence-electron chi connectivity index (χ2n) is 6.13. The van der Waals surface area contributed by atoms with Crippen LogP contribution >= 0.6 is 11.8 Å². The molecule has 0 radical (unpaired) electrons. The highest BCUT2D eigenvalue weighted by Crippen LogP contribution is 2.27. The molecule has 1 heterocycles. The number of ether oxygens (including phenoxy) is 1. The fraction of sp³-hybridized carbons (Fsp3) is 0.533. The van der Waals surface area contributed by atoms with Gasteiger partial charge in [0.25, 0.3) is 0 Å². The number of hydrogen-bond acceptors (Lipinski definition) is 5. The Morgan fingerprint density at radius 2 is 2.19 bits per heavy atom. The Bertz CT molecular complexity index is 508. The summed E-state index contributed by atoms with van der Waals surface area (Å²) < 4.78 is 5.24. The van der Waals surface area contributed by atoms with Crippen LogP contribution in [-0.2, 0) is 4.74 Å². The summed E-state index contributed by atoms with van der Waals surface area (Å²) in [5, 5.41) is 6.16. The van der Waals surface area contributed by atoms with Crippen molar-refractivity contribution < 1.29 is 9.53 Å². The molecule has 6 heteroatoms. The first-order chi connectivity index (χ1) is 9.83. The number of nitrogens with two attached hydrogens (primary N) is 1. The molecule has 0 saturated carbocycles. The normalized spacial score (nSPS) is 18.3. The van der Waals surface area contributed by atoms with Gasteiger partial charge in [-0.25, -0.2) is 4.79 Å². The van der Waals surface area contributed by atoms with Gasteiger partial charge in [-0.3, -0.25) is 5.32 Å². The van der Waals surface area contributed by atoms with E-state index in [9.17, 15) is 4.79 Å². The molecule has 1 unspecified atom stereocenters. The van der Waals surface area contributed by atoms with Gasteiger partial charge in [0.2, 0.25) is 0 Å². The Balaban J connectivity index is 2.02. The van der Waals surface area contributed by atoms with E-state index in [4.69, 9.17) is 10.5 Å². The van der Waals surface area contributed by atoms with Gasteiger partial charge in [0.1, 0.15) is 5.60 Å². The molecule has 1 amide bonds. The largest absolute Gasteiger partial charge is 0.444 e. The summed E-state index contributed by atoms with van der Waals surface area (Å²) in [5.74, 6) is 2.26. The number of rotatable bonds is 3. The van der Waals surface area contributed by atoms with E-state index >= 15 is 0 Å². The first-order valence-corrected chi connectivity index (χ1v) is 8.23. The maximum absolute atomic E-state index is 11.8. The van der Waals surface area contributed by atoms with Crippen molar-refractivity contribution in [3.63, 3.8) is 0 Å². The Labute approximate surface area is 130 Å². The molecule has 1 saturated heterocycles. The second kappa shape index (κ2) is 6.47. The topological polar surface area (TPSA) is 76.4 Å². The van der Waals surface area contributed by atoms with E-state index in [1.807, 2.05) is 38.6 Å². The molecule has 4 N–H and O–H groups in total. The molecule has 0 bridgehead atoms. The summed E-state index contributed by atoms with van der Waals surface area (Å²) in [7, 11) is 0. The monoisotopic (exact) mass is 309 g/mol. The minimum absolute atomic E-state index is 0.439. The van der Waals surface area contributed by atoms with Crippen molar-refractivity contribution in [1.29, 1.82) is 0 Å². The molecule has 0 spiro atoms. The van der Waals surface area contributed by atoms with Gasteiger partial charge in [0.15, 0.2) is 0 Å². The lowest BCUT2D eigenvalue weighted by Gasteiger charge is -2.20. The van der Waals surface area contributed by atoms with Crippen LogP contribution in [0.25, 0.3) is 0 Å². The Kier molecular flexibility index (Phi) is 4.88. The molecule has 21 heavy (non-hydrogen) atoms. The first-order valence-electron chi connectivity index (χ1n) is 7.07. The first kappa shape index (κ1) is 15.8. The summed E-state index contributed by atoms with van der Waals surface area (Å²) in [6.07, 6.45) is 0.669. The van der Waals surface area contributed by atoms with Gasteiger partial charge in [-0.15, -0.1) is 0 Å². The minimum atomic E-state index is -0.514. The van der Waals surface area contributed by atoms with Crippen molar-refractivity contribution in [3.05, 3.63) is 18.2 Å². The SMILES string of the molecule is CC(C)(C)OC(=O)Nc1ccc(N)c(NC2CCSC2)c1. The number of carbonyl (C=O) groups is 1. The van der Waals surface area contributed by atoms with Crippen LogP contribution in [0.2, 0.25) is 0 Å². The summed E-state index contributed by atoms with van der Waals surface area (Å²) in [6.45, 7) is 5.50. The third-order valence-corrected chi connectivity index (χ3v) is 4.15. The second-order valence-corrected chi connectivity index (χ2v) is 7.28. The number of hydrogen-bond donors (Lipinski definition) is 3. The summed E-state index contributed by atoms with van der Waals surface area (Å²) in [6, 6.07) is 5.85. The van der Waals surface area contributed by atoms with Crippen LogP contribution in [0.15, 0.2) is 18.2 Å². The number of benzene rings is 1. The zero-order valence-corrected chi connectivity index (χ0v) is 13.5. The Morgan fingerprint density at radius 1 is 1.43 bits per heavy atom. The average Bonchev–Trinajstić information content (AvgIpc) is 2.84. The van der Waals surface area contributed by atoms with E-state index in [-0.39, 0.29) is 0 Å². The van der Waals surface area contributed by atoms with Gasteiger partial charge >= 0.3 is 6.09 Å². The number of nitrogens with one attached hydrogen (secondary N) is 2. The quantitative estimate of drug-likeness (QED) is 0.745. The van der Waals surface area contributed by atoms with E-state index < -0.39 is 11.7 Å². The lowest BCUT2D eigenvalue weighted by atomic mass is 10.2. The predicted molar refractivity (Wildman–Crippen MR) is 90.1 cm³/mol. The Morgan fingerprint density at radius 3 is 2.81 bits per heavy atom. The molecular weight excluding hydrogens is 286 g/mol. The molecule has 116 valence electrons. The predicted octanol–water partition coefficient (Wildman–Crippen LogP) is 3.53. The van der Waals surface area contributed by atoms with Crippen LogP contribution in [-0.4, -0.2) is 29.2 Å². The molecule has 0 aliphatic carbocycles. The number of carbonyl (C=O) groups excluding carboxylic acids is 1. The molecule has 0 aromatic heterocycles. The van der Waals surface area contributed by atoms with E-state index in [1.165, 1.54) is 5.75 Å². The van der Waals surface area contributed by atoms with Gasteiger partial charge < -0.3 is 15.8 Å². The smallest absolute Gasteiger partial charge is 0.412 e. The molecule has 1 atom stereocenters. The van der Waals surface area contributed by atoms with Crippen molar-refractivity contribution in [2.75, 3.05) is 27.9 Å². The van der Waals surface area contributed by atoms with Crippen LogP contribution in [0.4, 0.5) is 21.9 Å². The maximum atomic E-state index is 11.8. The van der Waals surface area contributed by atoms with Crippen LogP contribution in [0.1, 0.15) is 27.2 Å². The van der Waals surface area contributed by atoms with Gasteiger partial charge in [-0.05, 0) is 51.1 Å². The molecule has 1 aliphatic rings. The van der Waals surface area contributed by atoms with E-state index in [0.29, 0.717) is 17.4 Å². The Hall–Kier alpha value is -1.56. The lowest BCUT2D eigenvalue weighted by Crippen LogP contribution is -2.27. The van der Waals surface area contributed by atoms with Crippen LogP contribution in [0, 0.1) is 0 Å². The van der Waals surface area contributed by atoms with Crippen LogP contribution < -0.4 is 16.4 Å². The van der Waals surface area contributed by atoms with Crippen molar-refractivity contribution in [1.82, 2.24) is 0 Å². The highest BCUT2D eigenvalue weighted by molar-refractivity contribution is 7.99. The van der Waals surface area contributed by atoms with Crippen LogP contribution in [0.5, 0.6) is 0 Å². The van der Waals surface area contributed by atoms with Gasteiger partial charge in [-0.1, -0.05) is 0 Å². The van der Waals surface area contributed by atoms with Crippen molar-refractivity contribution in [2.24, 2.45) is 0 Å². The minimum Gasteiger partial charge on any atom is -0.444 e. The maximum Gasteiger partial charge on any atom is 0.412 e. The number of amides is 1. The number of thioether (sulfide) groups is 1. The third kappa shape index (κ3) is 5.04. The standard InChI is InChI=1S/C15H23N3O2S/c1-15(2,3)20-14(19)18-10-4-5-12(16)13(8-10)17-11-6-7-21-9-11/h4-5,8,11,17H,6-7,9,16H2,1-3H3,(H,18,19). The van der Waals surface area contributed by atoms with Gasteiger partial charge in [-0.2, -0.15) is 11.8 Å². The van der Waals surface area contributed by atoms with Gasteiger partial charge in [0, 0.05) is 17.5 Å². The third-order valence-electron chi connectivity index (χ3n) is 2.99. The molecular formula is C15H23N3O2S. The zero-order chi connectivity index (χ0) is 15.5. The fourth-order valence-electron chi connectivity index (χ4n) is 2.05. The molecule has 1 fully saturated rings. The molecule has 1 aromatic rings. The average molecular weight is 309 g/mol. The molecule has 2 rings (SSSR count). The molecule has 1 aromatic carbocycles. The molecule has 1 aliphatic heterocycles. The van der Waals surface area contributed by atoms with Crippen molar-refractivity contribution in [2.45, 2.75) is 38.8 Å². The number of anilines is 3. The van der Waals surface area contributed by atoms with E-state index in [2.05, 4.69) is 10.6 Å². The zero-order valence-electron chi connectivity index (χ0n) is 12.7. The fourth-order valence-corrected chi connectivity index (χ4v) is 3.20. The van der Waals surface area contributed by atoms with E-state index in [1.54, 1.807) is 12.1 Å². The lowest BCUT2D eigenvalue weighted by molar-refractivity contribution is 0.0636. The van der Waals surface area contributed by atoms with Crippen LogP contribution in [0.3, 0.4) is 0 Å². The number of nitrogen functional groups attached to an aromatic ring is 1. The highest BCUT2D eigenvalue weighted by atomic mass is 32.2. The van der Waals surface area contributed by atoms with E-state index in [0.717, 1.165) is 17.9 Å². The highest BCUT2D eigenvalue weighted by Gasteiger charge is 2.18. The van der Waals surface area contributed by atoms with Gasteiger partial charge in [0.05, 0.1) is 11.4 Å².